The number of piperazine rings is 1. The van der Waals surface area contributed by atoms with Crippen LogP contribution in [0.4, 0.5) is 0 Å². The van der Waals surface area contributed by atoms with Gasteiger partial charge >= 0.3 is 0 Å². The van der Waals surface area contributed by atoms with Crippen LogP contribution < -0.4 is 10.1 Å². The maximum atomic E-state index is 13.1. The molecule has 8 heteroatoms. The van der Waals surface area contributed by atoms with E-state index >= 15 is 0 Å². The Kier molecular flexibility index (Phi) is 5.59. The number of amides is 1. The second kappa shape index (κ2) is 8.45. The molecule has 0 spiro atoms. The Bertz CT molecular complexity index is 947. The summed E-state index contributed by atoms with van der Waals surface area (Å²) in [6, 6.07) is 7.80. The largest absolute Gasteiger partial charge is 0.496 e. The number of methoxy groups -OCH3 is 1. The third kappa shape index (κ3) is 3.88. The van der Waals surface area contributed by atoms with E-state index in [2.05, 4.69) is 20.3 Å². The predicted molar refractivity (Wildman–Crippen MR) is 107 cm³/mol. The van der Waals surface area contributed by atoms with Gasteiger partial charge in [0.15, 0.2) is 0 Å². The van der Waals surface area contributed by atoms with Crippen LogP contribution in [-0.4, -0.2) is 52.5 Å². The van der Waals surface area contributed by atoms with Gasteiger partial charge in [-0.05, 0) is 6.07 Å². The number of thiazole rings is 1. The van der Waals surface area contributed by atoms with Crippen molar-refractivity contribution >= 4 is 17.2 Å². The molecule has 28 heavy (non-hydrogen) atoms. The average molecular weight is 395 g/mol. The molecule has 1 amide bonds. The molecular formula is C20H21N5O2S. The zero-order chi connectivity index (χ0) is 19.3. The second-order valence-electron chi connectivity index (χ2n) is 6.46. The lowest BCUT2D eigenvalue weighted by atomic mass is 10.0. The summed E-state index contributed by atoms with van der Waals surface area (Å²) >= 11 is 1.48. The summed E-state index contributed by atoms with van der Waals surface area (Å²) in [5.41, 5.74) is 2.50. The Balaban J connectivity index is 1.52. The number of benzene rings is 1. The predicted octanol–water partition coefficient (Wildman–Crippen LogP) is 2.32. The number of para-hydroxylation sites is 1. The SMILES string of the molecule is COc1ccccc1C1CNCCN1C(=O)Cc1csc(-c2cnccn2)n1. The highest BCUT2D eigenvalue weighted by Crippen LogP contribution is 2.31. The molecule has 1 N–H and O–H groups in total. The summed E-state index contributed by atoms with van der Waals surface area (Å²) in [5.74, 6) is 0.862. The number of ether oxygens (including phenoxy) is 1. The molecule has 0 radical (unpaired) electrons. The zero-order valence-corrected chi connectivity index (χ0v) is 16.4. The lowest BCUT2D eigenvalue weighted by molar-refractivity contribution is -0.133. The summed E-state index contributed by atoms with van der Waals surface area (Å²) in [4.78, 5) is 27.9. The Morgan fingerprint density at radius 3 is 3.07 bits per heavy atom. The first-order valence-electron chi connectivity index (χ1n) is 9.10. The molecule has 7 nitrogen and oxygen atoms in total. The van der Waals surface area contributed by atoms with Crippen LogP contribution in [0.3, 0.4) is 0 Å². The fraction of sp³-hybridized carbons (Fsp3) is 0.300. The lowest BCUT2D eigenvalue weighted by Crippen LogP contribution is -2.49. The number of hydrogen-bond donors (Lipinski definition) is 1. The normalized spacial score (nSPS) is 16.8. The number of rotatable bonds is 5. The third-order valence-electron chi connectivity index (χ3n) is 4.73. The molecular weight excluding hydrogens is 374 g/mol. The lowest BCUT2D eigenvalue weighted by Gasteiger charge is -2.37. The van der Waals surface area contributed by atoms with Crippen LogP contribution in [0.15, 0.2) is 48.2 Å². The minimum Gasteiger partial charge on any atom is -0.496 e. The van der Waals surface area contributed by atoms with Gasteiger partial charge in [-0.1, -0.05) is 18.2 Å². The Morgan fingerprint density at radius 2 is 2.25 bits per heavy atom. The summed E-state index contributed by atoms with van der Waals surface area (Å²) in [6.07, 6.45) is 5.21. The highest BCUT2D eigenvalue weighted by atomic mass is 32.1. The molecule has 0 aliphatic carbocycles. The fourth-order valence-electron chi connectivity index (χ4n) is 3.39. The van der Waals surface area contributed by atoms with E-state index in [1.54, 1.807) is 25.7 Å². The maximum Gasteiger partial charge on any atom is 0.229 e. The molecule has 4 rings (SSSR count). The minimum absolute atomic E-state index is 0.0597. The van der Waals surface area contributed by atoms with Crippen molar-refractivity contribution in [2.45, 2.75) is 12.5 Å². The molecule has 1 unspecified atom stereocenters. The summed E-state index contributed by atoms with van der Waals surface area (Å²) < 4.78 is 5.51. The van der Waals surface area contributed by atoms with Crippen LogP contribution in [0, 0.1) is 0 Å². The van der Waals surface area contributed by atoms with E-state index in [1.807, 2.05) is 34.5 Å². The molecule has 3 heterocycles. The van der Waals surface area contributed by atoms with Gasteiger partial charge < -0.3 is 15.0 Å². The minimum atomic E-state index is -0.0597. The van der Waals surface area contributed by atoms with Gasteiger partial charge in [-0.25, -0.2) is 4.98 Å². The fourth-order valence-corrected chi connectivity index (χ4v) is 4.17. The first-order valence-corrected chi connectivity index (χ1v) is 9.98. The first-order chi connectivity index (χ1) is 13.8. The second-order valence-corrected chi connectivity index (χ2v) is 7.32. The van der Waals surface area contributed by atoms with Crippen LogP contribution in [-0.2, 0) is 11.2 Å². The Labute approximate surface area is 167 Å². The monoisotopic (exact) mass is 395 g/mol. The Hall–Kier alpha value is -2.84. The van der Waals surface area contributed by atoms with E-state index in [4.69, 9.17) is 4.74 Å². The highest BCUT2D eigenvalue weighted by Gasteiger charge is 2.30. The number of aromatic nitrogens is 3. The van der Waals surface area contributed by atoms with Crippen molar-refractivity contribution in [2.24, 2.45) is 0 Å². The van der Waals surface area contributed by atoms with Gasteiger partial charge in [0.25, 0.3) is 0 Å². The van der Waals surface area contributed by atoms with Crippen LogP contribution in [0.5, 0.6) is 5.75 Å². The van der Waals surface area contributed by atoms with Crippen LogP contribution in [0.1, 0.15) is 17.3 Å². The molecule has 1 atom stereocenters. The topological polar surface area (TPSA) is 80.2 Å². The third-order valence-corrected chi connectivity index (χ3v) is 5.64. The van der Waals surface area contributed by atoms with Crippen LogP contribution >= 0.6 is 11.3 Å². The Morgan fingerprint density at radius 1 is 1.36 bits per heavy atom. The van der Waals surface area contributed by atoms with E-state index in [-0.39, 0.29) is 18.4 Å². The zero-order valence-electron chi connectivity index (χ0n) is 15.5. The van der Waals surface area contributed by atoms with Crippen LogP contribution in [0.2, 0.25) is 0 Å². The van der Waals surface area contributed by atoms with Gasteiger partial charge in [0.1, 0.15) is 16.5 Å². The number of hydrogen-bond acceptors (Lipinski definition) is 7. The van der Waals surface area contributed by atoms with Crippen molar-refractivity contribution in [3.05, 3.63) is 59.5 Å². The average Bonchev–Trinajstić information content (AvgIpc) is 3.23. The number of nitrogens with zero attached hydrogens (tertiary/aromatic N) is 4. The van der Waals surface area contributed by atoms with Crippen molar-refractivity contribution in [1.29, 1.82) is 0 Å². The standard InChI is InChI=1S/C20H21N5O2S/c1-27-18-5-3-2-4-15(18)17-12-22-8-9-25(17)19(26)10-14-13-28-20(24-14)16-11-21-6-7-23-16/h2-7,11,13,17,22H,8-10,12H2,1H3. The van der Waals surface area contributed by atoms with Gasteiger partial charge in [-0.15, -0.1) is 11.3 Å². The van der Waals surface area contributed by atoms with Gasteiger partial charge in [0.2, 0.25) is 5.91 Å². The maximum absolute atomic E-state index is 13.1. The summed E-state index contributed by atoms with van der Waals surface area (Å²) in [6.45, 7) is 2.13. The molecule has 1 aliphatic heterocycles. The summed E-state index contributed by atoms with van der Waals surface area (Å²) in [5, 5.41) is 6.08. The smallest absolute Gasteiger partial charge is 0.229 e. The van der Waals surface area contributed by atoms with Crippen molar-refractivity contribution in [3.8, 4) is 16.5 Å². The van der Waals surface area contributed by atoms with Crippen molar-refractivity contribution in [1.82, 2.24) is 25.2 Å². The quantitative estimate of drug-likeness (QED) is 0.714. The van der Waals surface area contributed by atoms with E-state index in [0.717, 1.165) is 34.3 Å². The molecule has 1 saturated heterocycles. The summed E-state index contributed by atoms with van der Waals surface area (Å²) in [7, 11) is 1.66. The molecule has 1 fully saturated rings. The molecule has 1 aliphatic rings. The van der Waals surface area contributed by atoms with Gasteiger partial charge in [0, 0.05) is 43.0 Å². The number of nitrogens with one attached hydrogen (secondary N) is 1. The molecule has 0 bridgehead atoms. The first kappa shape index (κ1) is 18.5. The molecule has 1 aromatic carbocycles. The molecule has 144 valence electrons. The van der Waals surface area contributed by atoms with Gasteiger partial charge in [-0.3, -0.25) is 14.8 Å². The number of carbonyl (C=O) groups is 1. The van der Waals surface area contributed by atoms with Gasteiger partial charge in [0.05, 0.1) is 31.5 Å². The van der Waals surface area contributed by atoms with Crippen molar-refractivity contribution in [3.63, 3.8) is 0 Å². The molecule has 0 saturated carbocycles. The van der Waals surface area contributed by atoms with Crippen LogP contribution in [0.25, 0.3) is 10.7 Å². The van der Waals surface area contributed by atoms with E-state index in [0.29, 0.717) is 13.1 Å². The number of carbonyl (C=O) groups excluding carboxylic acids is 1. The molecule has 2 aromatic heterocycles. The van der Waals surface area contributed by atoms with E-state index < -0.39 is 0 Å². The van der Waals surface area contributed by atoms with E-state index in [9.17, 15) is 4.79 Å². The van der Waals surface area contributed by atoms with Crippen molar-refractivity contribution in [2.75, 3.05) is 26.7 Å². The highest BCUT2D eigenvalue weighted by molar-refractivity contribution is 7.13. The van der Waals surface area contributed by atoms with E-state index in [1.165, 1.54) is 11.3 Å². The van der Waals surface area contributed by atoms with Gasteiger partial charge in [-0.2, -0.15) is 0 Å². The van der Waals surface area contributed by atoms with Crippen molar-refractivity contribution < 1.29 is 9.53 Å². The molecule has 3 aromatic rings.